The molecule has 5 heteroatoms. The van der Waals surface area contributed by atoms with E-state index in [0.717, 1.165) is 0 Å². The molecule has 88 valence electrons. The van der Waals surface area contributed by atoms with Crippen molar-refractivity contribution in [1.82, 2.24) is 0 Å². The summed E-state index contributed by atoms with van der Waals surface area (Å²) in [6.07, 6.45) is -0.463. The Hall–Kier alpha value is -1.75. The van der Waals surface area contributed by atoms with Crippen LogP contribution in [-0.4, -0.2) is 29.9 Å². The Kier molecular flexibility index (Phi) is 4.13. The largest absolute Gasteiger partial charge is 0.504 e. The summed E-state index contributed by atoms with van der Waals surface area (Å²) in [6.45, 7) is 1.37. The molecule has 0 saturated carbocycles. The third-order valence-corrected chi connectivity index (χ3v) is 2.09. The molecule has 1 unspecified atom stereocenters. The Morgan fingerprint density at radius 1 is 1.38 bits per heavy atom. The maximum Gasteiger partial charge on any atom is 0.302 e. The molecule has 0 aliphatic carbocycles. The summed E-state index contributed by atoms with van der Waals surface area (Å²) >= 11 is 0. The van der Waals surface area contributed by atoms with Crippen molar-refractivity contribution < 1.29 is 24.5 Å². The predicted molar refractivity (Wildman–Crippen MR) is 56.2 cm³/mol. The molecule has 1 aromatic carbocycles. The van der Waals surface area contributed by atoms with Crippen LogP contribution in [0.1, 0.15) is 18.6 Å². The van der Waals surface area contributed by atoms with E-state index in [4.69, 9.17) is 14.6 Å². The van der Waals surface area contributed by atoms with Gasteiger partial charge in [-0.2, -0.15) is 0 Å². The first-order chi connectivity index (χ1) is 7.54. The van der Waals surface area contributed by atoms with E-state index in [9.17, 15) is 9.90 Å². The van der Waals surface area contributed by atoms with Crippen LogP contribution in [0.3, 0.4) is 0 Å². The number of ether oxygens (including phenoxy) is 2. The van der Waals surface area contributed by atoms with Crippen LogP contribution in [0.4, 0.5) is 0 Å². The number of aromatic hydroxyl groups is 2. The molecular formula is C11H14O5. The SMILES string of the molecule is COC(COC(C)=O)c1ccc(O)c(O)c1. The van der Waals surface area contributed by atoms with Gasteiger partial charge in [0.25, 0.3) is 0 Å². The van der Waals surface area contributed by atoms with Gasteiger partial charge in [-0.1, -0.05) is 6.07 Å². The lowest BCUT2D eigenvalue weighted by atomic mass is 10.1. The van der Waals surface area contributed by atoms with Gasteiger partial charge in [-0.25, -0.2) is 0 Å². The van der Waals surface area contributed by atoms with E-state index in [1.807, 2.05) is 0 Å². The zero-order valence-corrected chi connectivity index (χ0v) is 9.14. The van der Waals surface area contributed by atoms with Crippen molar-refractivity contribution in [3.05, 3.63) is 23.8 Å². The molecule has 0 aliphatic heterocycles. The first-order valence-electron chi connectivity index (χ1n) is 4.72. The minimum Gasteiger partial charge on any atom is -0.504 e. The molecule has 5 nitrogen and oxygen atoms in total. The van der Waals surface area contributed by atoms with Gasteiger partial charge in [0, 0.05) is 14.0 Å². The van der Waals surface area contributed by atoms with Crippen LogP contribution in [0.25, 0.3) is 0 Å². The second-order valence-corrected chi connectivity index (χ2v) is 3.28. The molecule has 0 aromatic heterocycles. The fourth-order valence-electron chi connectivity index (χ4n) is 1.23. The molecule has 16 heavy (non-hydrogen) atoms. The molecule has 2 N–H and O–H groups in total. The van der Waals surface area contributed by atoms with E-state index in [-0.39, 0.29) is 18.1 Å². The molecule has 0 saturated heterocycles. The van der Waals surface area contributed by atoms with Gasteiger partial charge < -0.3 is 19.7 Å². The second kappa shape index (κ2) is 5.37. The Balaban J connectivity index is 2.78. The van der Waals surface area contributed by atoms with Gasteiger partial charge in [0.15, 0.2) is 11.5 Å². The molecule has 0 fully saturated rings. The van der Waals surface area contributed by atoms with E-state index in [1.54, 1.807) is 6.07 Å². The third-order valence-electron chi connectivity index (χ3n) is 2.09. The van der Waals surface area contributed by atoms with E-state index in [1.165, 1.54) is 26.2 Å². The van der Waals surface area contributed by atoms with Crippen LogP contribution in [0.15, 0.2) is 18.2 Å². The van der Waals surface area contributed by atoms with Gasteiger partial charge in [0.05, 0.1) is 0 Å². The fraction of sp³-hybridized carbons (Fsp3) is 0.364. The topological polar surface area (TPSA) is 76.0 Å². The first kappa shape index (κ1) is 12.3. The van der Waals surface area contributed by atoms with Gasteiger partial charge in [-0.3, -0.25) is 4.79 Å². The highest BCUT2D eigenvalue weighted by Gasteiger charge is 2.14. The number of phenols is 2. The molecule has 0 spiro atoms. The number of carbonyl (C=O) groups excluding carboxylic acids is 1. The van der Waals surface area contributed by atoms with Gasteiger partial charge >= 0.3 is 5.97 Å². The molecule has 1 aromatic rings. The van der Waals surface area contributed by atoms with E-state index in [0.29, 0.717) is 5.56 Å². The van der Waals surface area contributed by atoms with Crippen LogP contribution in [-0.2, 0) is 14.3 Å². The van der Waals surface area contributed by atoms with Crippen LogP contribution in [0.5, 0.6) is 11.5 Å². The van der Waals surface area contributed by atoms with Gasteiger partial charge in [-0.15, -0.1) is 0 Å². The number of hydrogen-bond acceptors (Lipinski definition) is 5. The average Bonchev–Trinajstić information content (AvgIpc) is 2.23. The van der Waals surface area contributed by atoms with Crippen LogP contribution < -0.4 is 0 Å². The zero-order valence-electron chi connectivity index (χ0n) is 9.14. The fourth-order valence-corrected chi connectivity index (χ4v) is 1.23. The number of phenolic OH excluding ortho intramolecular Hbond substituents is 2. The maximum absolute atomic E-state index is 10.6. The van der Waals surface area contributed by atoms with Crippen molar-refractivity contribution in [2.75, 3.05) is 13.7 Å². The smallest absolute Gasteiger partial charge is 0.302 e. The Morgan fingerprint density at radius 2 is 2.06 bits per heavy atom. The second-order valence-electron chi connectivity index (χ2n) is 3.28. The summed E-state index contributed by atoms with van der Waals surface area (Å²) < 4.78 is 9.92. The van der Waals surface area contributed by atoms with Crippen LogP contribution in [0.2, 0.25) is 0 Å². The quantitative estimate of drug-likeness (QED) is 0.598. The molecule has 1 rings (SSSR count). The Bertz CT molecular complexity index is 375. The lowest BCUT2D eigenvalue weighted by Gasteiger charge is -2.15. The highest BCUT2D eigenvalue weighted by Crippen LogP contribution is 2.28. The number of methoxy groups -OCH3 is 1. The third kappa shape index (κ3) is 3.13. The molecule has 0 heterocycles. The van der Waals surface area contributed by atoms with Crippen molar-refractivity contribution in [2.24, 2.45) is 0 Å². The first-order valence-corrected chi connectivity index (χ1v) is 4.72. The van der Waals surface area contributed by atoms with E-state index < -0.39 is 12.1 Å². The zero-order chi connectivity index (χ0) is 12.1. The van der Waals surface area contributed by atoms with Crippen molar-refractivity contribution in [2.45, 2.75) is 13.0 Å². The predicted octanol–water partition coefficient (Wildman–Crippen LogP) is 1.35. The molecule has 1 atom stereocenters. The number of rotatable bonds is 4. The van der Waals surface area contributed by atoms with Crippen molar-refractivity contribution in [1.29, 1.82) is 0 Å². The van der Waals surface area contributed by atoms with Crippen molar-refractivity contribution in [3.63, 3.8) is 0 Å². The summed E-state index contributed by atoms with van der Waals surface area (Å²) in [4.78, 5) is 10.6. The molecule has 0 aliphatic rings. The highest BCUT2D eigenvalue weighted by atomic mass is 16.6. The summed E-state index contributed by atoms with van der Waals surface area (Å²) in [5.41, 5.74) is 0.624. The maximum atomic E-state index is 10.6. The summed E-state index contributed by atoms with van der Waals surface area (Å²) in [5.74, 6) is -0.835. The van der Waals surface area contributed by atoms with E-state index >= 15 is 0 Å². The number of hydrogen-bond donors (Lipinski definition) is 2. The molecule has 0 bridgehead atoms. The van der Waals surface area contributed by atoms with Gasteiger partial charge in [0.2, 0.25) is 0 Å². The van der Waals surface area contributed by atoms with Crippen LogP contribution >= 0.6 is 0 Å². The standard InChI is InChI=1S/C11H14O5/c1-7(12)16-6-11(15-2)8-3-4-9(13)10(14)5-8/h3-5,11,13-14H,6H2,1-2H3. The lowest BCUT2D eigenvalue weighted by molar-refractivity contribution is -0.144. The normalized spacial score (nSPS) is 12.1. The minimum absolute atomic E-state index is 0.0655. The van der Waals surface area contributed by atoms with Crippen molar-refractivity contribution in [3.8, 4) is 11.5 Å². The highest BCUT2D eigenvalue weighted by molar-refractivity contribution is 5.65. The van der Waals surface area contributed by atoms with Gasteiger partial charge in [0.1, 0.15) is 12.7 Å². The molecular weight excluding hydrogens is 212 g/mol. The lowest BCUT2D eigenvalue weighted by Crippen LogP contribution is -2.12. The number of carbonyl (C=O) groups is 1. The van der Waals surface area contributed by atoms with Gasteiger partial charge in [-0.05, 0) is 17.7 Å². The minimum atomic E-state index is -0.463. The Labute approximate surface area is 93.2 Å². The number of benzene rings is 1. The van der Waals surface area contributed by atoms with E-state index in [2.05, 4.69) is 0 Å². The molecule has 0 amide bonds. The number of esters is 1. The van der Waals surface area contributed by atoms with Crippen molar-refractivity contribution >= 4 is 5.97 Å². The summed E-state index contributed by atoms with van der Waals surface area (Å²) in [6, 6.07) is 4.31. The summed E-state index contributed by atoms with van der Waals surface area (Å²) in [5, 5.41) is 18.4. The van der Waals surface area contributed by atoms with Crippen LogP contribution in [0, 0.1) is 0 Å². The molecule has 0 radical (unpaired) electrons. The Morgan fingerprint density at radius 3 is 2.56 bits per heavy atom. The summed E-state index contributed by atoms with van der Waals surface area (Å²) in [7, 11) is 1.47. The monoisotopic (exact) mass is 226 g/mol. The average molecular weight is 226 g/mol.